The molecule has 1 aromatic rings. The minimum absolute atomic E-state index is 0.0123. The Kier molecular flexibility index (Phi) is 4.70. The number of alkyl halides is 3. The number of allylic oxidation sites excluding steroid dienone is 3. The van der Waals surface area contributed by atoms with E-state index in [-0.39, 0.29) is 12.0 Å². The molecule has 0 spiro atoms. The van der Waals surface area contributed by atoms with Crippen LogP contribution in [0.2, 0.25) is 0 Å². The van der Waals surface area contributed by atoms with Gasteiger partial charge < -0.3 is 5.73 Å². The molecule has 2 N–H and O–H groups in total. The van der Waals surface area contributed by atoms with E-state index in [2.05, 4.69) is 0 Å². The van der Waals surface area contributed by atoms with Gasteiger partial charge in [0.05, 0.1) is 18.1 Å². The third-order valence-corrected chi connectivity index (χ3v) is 2.29. The van der Waals surface area contributed by atoms with Gasteiger partial charge in [-0.3, -0.25) is 0 Å². The summed E-state index contributed by atoms with van der Waals surface area (Å²) in [6.45, 7) is 0. The van der Waals surface area contributed by atoms with Crippen molar-refractivity contribution >= 4 is 5.57 Å². The monoisotopic (exact) mass is 270 g/mol. The van der Waals surface area contributed by atoms with Crippen molar-refractivity contribution in [3.8, 4) is 6.07 Å². The average molecular weight is 270 g/mol. The van der Waals surface area contributed by atoms with Gasteiger partial charge in [0.25, 0.3) is 0 Å². The van der Waals surface area contributed by atoms with Gasteiger partial charge in [-0.2, -0.15) is 18.4 Å². The van der Waals surface area contributed by atoms with Crippen LogP contribution in [0, 0.1) is 17.1 Å². The van der Waals surface area contributed by atoms with Gasteiger partial charge in [-0.15, -0.1) is 0 Å². The molecule has 0 atom stereocenters. The highest BCUT2D eigenvalue weighted by molar-refractivity contribution is 5.74. The molecule has 2 nitrogen and oxygen atoms in total. The van der Waals surface area contributed by atoms with E-state index in [0.29, 0.717) is 11.6 Å². The van der Waals surface area contributed by atoms with Gasteiger partial charge in [0.2, 0.25) is 0 Å². The van der Waals surface area contributed by atoms with Crippen molar-refractivity contribution < 1.29 is 17.6 Å². The molecule has 0 aliphatic rings. The lowest BCUT2D eigenvalue weighted by Crippen LogP contribution is -2.08. The second kappa shape index (κ2) is 6.05. The van der Waals surface area contributed by atoms with Crippen molar-refractivity contribution in [1.29, 1.82) is 5.26 Å². The van der Waals surface area contributed by atoms with Crippen molar-refractivity contribution in [1.82, 2.24) is 0 Å². The number of nitriles is 1. The molecule has 1 aromatic carbocycles. The molecule has 0 fully saturated rings. The summed E-state index contributed by atoms with van der Waals surface area (Å²) in [5.74, 6) is -1.34. The Bertz CT molecular complexity index is 551. The highest BCUT2D eigenvalue weighted by atomic mass is 19.4. The van der Waals surface area contributed by atoms with Crippen LogP contribution in [-0.2, 0) is 6.18 Å². The van der Waals surface area contributed by atoms with Crippen molar-refractivity contribution in [2.75, 3.05) is 0 Å². The van der Waals surface area contributed by atoms with Crippen LogP contribution < -0.4 is 5.73 Å². The van der Waals surface area contributed by atoms with Crippen LogP contribution in [0.5, 0.6) is 0 Å². The lowest BCUT2D eigenvalue weighted by atomic mass is 10.0. The summed E-state index contributed by atoms with van der Waals surface area (Å²) in [5, 5.41) is 8.47. The van der Waals surface area contributed by atoms with E-state index < -0.39 is 17.6 Å². The largest absolute Gasteiger partial charge is 0.419 e. The van der Waals surface area contributed by atoms with Crippen LogP contribution >= 0.6 is 0 Å². The Morgan fingerprint density at radius 2 is 2.05 bits per heavy atom. The molecule has 0 saturated carbocycles. The van der Waals surface area contributed by atoms with Crippen LogP contribution in [0.1, 0.15) is 17.5 Å². The molecular formula is C13H10F4N2. The van der Waals surface area contributed by atoms with Gasteiger partial charge in [0.1, 0.15) is 5.82 Å². The maximum absolute atomic E-state index is 13.1. The van der Waals surface area contributed by atoms with E-state index in [0.717, 1.165) is 12.3 Å². The molecule has 0 aromatic heterocycles. The minimum atomic E-state index is -4.77. The zero-order valence-electron chi connectivity index (χ0n) is 9.71. The van der Waals surface area contributed by atoms with Crippen molar-refractivity contribution in [2.45, 2.75) is 12.6 Å². The number of nitrogens with zero attached hydrogens (tertiary/aromatic N) is 1. The van der Waals surface area contributed by atoms with Crippen LogP contribution in [0.4, 0.5) is 17.6 Å². The van der Waals surface area contributed by atoms with E-state index in [9.17, 15) is 17.6 Å². The van der Waals surface area contributed by atoms with Crippen LogP contribution in [0.25, 0.3) is 5.57 Å². The third-order valence-electron chi connectivity index (χ3n) is 2.29. The topological polar surface area (TPSA) is 49.8 Å². The molecule has 19 heavy (non-hydrogen) atoms. The minimum Gasteiger partial charge on any atom is -0.405 e. The van der Waals surface area contributed by atoms with E-state index in [1.54, 1.807) is 0 Å². The first kappa shape index (κ1) is 14.8. The lowest BCUT2D eigenvalue weighted by molar-refractivity contribution is -0.140. The predicted molar refractivity (Wildman–Crippen MR) is 62.9 cm³/mol. The van der Waals surface area contributed by atoms with E-state index in [1.165, 1.54) is 18.2 Å². The SMILES string of the molecule is N#CC/C=C(\C=C/N)c1ccc(F)c(C(F)(F)F)c1. The third kappa shape index (κ3) is 3.85. The highest BCUT2D eigenvalue weighted by Crippen LogP contribution is 2.33. The molecule has 0 saturated heterocycles. The zero-order valence-corrected chi connectivity index (χ0v) is 9.71. The number of rotatable bonds is 3. The van der Waals surface area contributed by atoms with Gasteiger partial charge >= 0.3 is 6.18 Å². The van der Waals surface area contributed by atoms with E-state index >= 15 is 0 Å². The number of hydrogen-bond acceptors (Lipinski definition) is 2. The molecule has 0 heterocycles. The van der Waals surface area contributed by atoms with Crippen LogP contribution in [-0.4, -0.2) is 0 Å². The van der Waals surface area contributed by atoms with Gasteiger partial charge in [-0.05, 0) is 35.5 Å². The summed E-state index contributed by atoms with van der Waals surface area (Å²) in [5.41, 5.74) is 4.32. The second-order valence-corrected chi connectivity index (χ2v) is 3.57. The maximum Gasteiger partial charge on any atom is 0.419 e. The van der Waals surface area contributed by atoms with Gasteiger partial charge in [0, 0.05) is 0 Å². The zero-order chi connectivity index (χ0) is 14.5. The Balaban J connectivity index is 3.31. The fourth-order valence-electron chi connectivity index (χ4n) is 1.46. The standard InChI is InChI=1S/C13H10F4N2/c14-12-4-3-10(8-11(12)13(15,16)17)9(5-7-19)2-1-6-18/h2-5,7-8H,1,19H2/b7-5-,9-2+. The molecule has 0 aliphatic heterocycles. The molecular weight excluding hydrogens is 260 g/mol. The predicted octanol–water partition coefficient (Wildman–Crippen LogP) is 3.61. The van der Waals surface area contributed by atoms with Crippen molar-refractivity contribution in [2.24, 2.45) is 5.73 Å². The van der Waals surface area contributed by atoms with Gasteiger partial charge in [-0.1, -0.05) is 12.1 Å². The summed E-state index contributed by atoms with van der Waals surface area (Å²) in [6, 6.07) is 4.47. The quantitative estimate of drug-likeness (QED) is 0.673. The van der Waals surface area contributed by atoms with Gasteiger partial charge in [-0.25, -0.2) is 4.39 Å². The Morgan fingerprint density at radius 3 is 2.58 bits per heavy atom. The second-order valence-electron chi connectivity index (χ2n) is 3.57. The van der Waals surface area contributed by atoms with Crippen LogP contribution in [0.15, 0.2) is 36.6 Å². The first-order valence-electron chi connectivity index (χ1n) is 5.22. The van der Waals surface area contributed by atoms with Crippen LogP contribution in [0.3, 0.4) is 0 Å². The number of hydrogen-bond donors (Lipinski definition) is 1. The molecule has 1 rings (SSSR count). The van der Waals surface area contributed by atoms with Crippen molar-refractivity contribution in [3.63, 3.8) is 0 Å². The summed E-state index contributed by atoms with van der Waals surface area (Å²) < 4.78 is 50.9. The van der Waals surface area contributed by atoms with Crippen molar-refractivity contribution in [3.05, 3.63) is 53.5 Å². The van der Waals surface area contributed by atoms with E-state index in [4.69, 9.17) is 11.0 Å². The highest BCUT2D eigenvalue weighted by Gasteiger charge is 2.34. The fourth-order valence-corrected chi connectivity index (χ4v) is 1.46. The molecule has 0 amide bonds. The molecule has 0 bridgehead atoms. The fraction of sp³-hybridized carbons (Fsp3) is 0.154. The number of halogens is 4. The molecule has 0 unspecified atom stereocenters. The molecule has 0 radical (unpaired) electrons. The first-order valence-corrected chi connectivity index (χ1v) is 5.22. The maximum atomic E-state index is 13.1. The Morgan fingerprint density at radius 1 is 1.37 bits per heavy atom. The Labute approximate surface area is 107 Å². The van der Waals surface area contributed by atoms with E-state index in [1.807, 2.05) is 6.07 Å². The average Bonchev–Trinajstić information content (AvgIpc) is 2.34. The van der Waals surface area contributed by atoms with Gasteiger partial charge in [0.15, 0.2) is 0 Å². The summed E-state index contributed by atoms with van der Waals surface area (Å²) in [6.07, 6.45) is -0.855. The number of nitrogens with two attached hydrogens (primary N) is 1. The number of benzene rings is 1. The molecule has 6 heteroatoms. The summed E-state index contributed by atoms with van der Waals surface area (Å²) in [7, 11) is 0. The lowest BCUT2D eigenvalue weighted by Gasteiger charge is -2.10. The summed E-state index contributed by atoms with van der Waals surface area (Å²) >= 11 is 0. The molecule has 0 aliphatic carbocycles. The Hall–Kier alpha value is -2.29. The smallest absolute Gasteiger partial charge is 0.405 e. The first-order chi connectivity index (χ1) is 8.90. The summed E-state index contributed by atoms with van der Waals surface area (Å²) in [4.78, 5) is 0. The normalized spacial score (nSPS) is 12.7. The molecule has 100 valence electrons.